The summed E-state index contributed by atoms with van der Waals surface area (Å²) in [5.74, 6) is 0.871. The second-order valence-corrected chi connectivity index (χ2v) is 7.29. The third-order valence-corrected chi connectivity index (χ3v) is 5.52. The molecule has 0 radical (unpaired) electrons. The second kappa shape index (κ2) is 5.46. The molecule has 4 heterocycles. The Morgan fingerprint density at radius 3 is 2.68 bits per heavy atom. The molecular formula is C15H20N6S. The van der Waals surface area contributed by atoms with Crippen molar-refractivity contribution in [2.75, 3.05) is 36.0 Å². The van der Waals surface area contributed by atoms with Crippen LogP contribution in [0.3, 0.4) is 0 Å². The van der Waals surface area contributed by atoms with Crippen LogP contribution >= 0.6 is 11.3 Å². The molecule has 2 aromatic heterocycles. The largest absolute Gasteiger partial charge is 0.346 e. The Balaban J connectivity index is 1.49. The molecule has 4 rings (SSSR count). The summed E-state index contributed by atoms with van der Waals surface area (Å²) in [6.45, 7) is 6.29. The maximum atomic E-state index is 4.49. The van der Waals surface area contributed by atoms with Crippen molar-refractivity contribution >= 4 is 22.4 Å². The van der Waals surface area contributed by atoms with Gasteiger partial charge in [0, 0.05) is 44.0 Å². The summed E-state index contributed by atoms with van der Waals surface area (Å²) in [6.07, 6.45) is 7.52. The fraction of sp³-hybridized carbons (Fsp3) is 0.600. The zero-order valence-corrected chi connectivity index (χ0v) is 13.6. The number of rotatable bonds is 2. The molecule has 22 heavy (non-hydrogen) atoms. The normalized spacial score (nSPS) is 25.1. The number of aryl methyl sites for hydroxylation is 1. The van der Waals surface area contributed by atoms with Crippen molar-refractivity contribution < 1.29 is 0 Å². The van der Waals surface area contributed by atoms with E-state index in [9.17, 15) is 0 Å². The highest BCUT2D eigenvalue weighted by Crippen LogP contribution is 2.41. The van der Waals surface area contributed by atoms with Crippen LogP contribution in [0.25, 0.3) is 0 Å². The second-order valence-electron chi connectivity index (χ2n) is 6.48. The van der Waals surface area contributed by atoms with E-state index in [-0.39, 0.29) is 0 Å². The molecule has 2 fully saturated rings. The molecule has 0 N–H and O–H groups in total. The first-order valence-electron chi connectivity index (χ1n) is 7.79. The summed E-state index contributed by atoms with van der Waals surface area (Å²) in [6, 6.07) is 0. The molecule has 0 amide bonds. The third-order valence-electron chi connectivity index (χ3n) is 4.77. The number of hydrogen-bond acceptors (Lipinski definition) is 7. The molecule has 0 unspecified atom stereocenters. The monoisotopic (exact) mass is 316 g/mol. The Morgan fingerprint density at radius 2 is 1.91 bits per heavy atom. The Hall–Kier alpha value is -1.76. The van der Waals surface area contributed by atoms with E-state index in [1.807, 2.05) is 24.8 Å². The fourth-order valence-electron chi connectivity index (χ4n) is 3.66. The van der Waals surface area contributed by atoms with E-state index in [1.165, 1.54) is 19.3 Å². The fourth-order valence-corrected chi connectivity index (χ4v) is 4.25. The molecule has 6 nitrogen and oxygen atoms in total. The van der Waals surface area contributed by atoms with Gasteiger partial charge in [-0.2, -0.15) is 0 Å². The van der Waals surface area contributed by atoms with Crippen molar-refractivity contribution in [2.24, 2.45) is 5.41 Å². The lowest BCUT2D eigenvalue weighted by molar-refractivity contribution is 0.263. The highest BCUT2D eigenvalue weighted by molar-refractivity contribution is 7.13. The number of anilines is 2. The minimum atomic E-state index is 0.345. The van der Waals surface area contributed by atoms with Gasteiger partial charge >= 0.3 is 0 Å². The molecule has 2 aliphatic heterocycles. The first-order valence-corrected chi connectivity index (χ1v) is 8.67. The molecule has 0 bridgehead atoms. The standard InChI is InChI=1S/C15H20N6S/c1-12-7-16-13(17-8-12)20-6-4-15(9-20)3-2-5-21(10-15)14-19-18-11-22-14/h7-8,11H,2-6,9-10H2,1H3/t15-/m0/s1. The SMILES string of the molecule is Cc1cnc(N2CC[C@@]3(CCCN(c4nncs4)C3)C2)nc1. The molecule has 1 spiro atoms. The molecule has 2 aliphatic rings. The lowest BCUT2D eigenvalue weighted by atomic mass is 9.79. The minimum Gasteiger partial charge on any atom is -0.346 e. The molecule has 0 saturated carbocycles. The quantitative estimate of drug-likeness (QED) is 0.846. The first-order chi connectivity index (χ1) is 10.7. The summed E-state index contributed by atoms with van der Waals surface area (Å²) in [4.78, 5) is 13.7. The average Bonchev–Trinajstić information content (AvgIpc) is 3.19. The minimum absolute atomic E-state index is 0.345. The van der Waals surface area contributed by atoms with Gasteiger partial charge in [0.2, 0.25) is 11.1 Å². The van der Waals surface area contributed by atoms with Crippen LogP contribution in [0.4, 0.5) is 11.1 Å². The highest BCUT2D eigenvalue weighted by atomic mass is 32.1. The molecule has 1 atom stereocenters. The first kappa shape index (κ1) is 13.9. The summed E-state index contributed by atoms with van der Waals surface area (Å²) in [5.41, 5.74) is 3.27. The predicted octanol–water partition coefficient (Wildman–Crippen LogP) is 2.13. The van der Waals surface area contributed by atoms with Gasteiger partial charge in [0.05, 0.1) is 0 Å². The van der Waals surface area contributed by atoms with Crippen LogP contribution in [0.2, 0.25) is 0 Å². The van der Waals surface area contributed by atoms with Gasteiger partial charge in [-0.25, -0.2) is 9.97 Å². The smallest absolute Gasteiger partial charge is 0.225 e. The van der Waals surface area contributed by atoms with Crippen LogP contribution in [0.15, 0.2) is 17.9 Å². The van der Waals surface area contributed by atoms with Gasteiger partial charge < -0.3 is 9.80 Å². The predicted molar refractivity (Wildman–Crippen MR) is 87.4 cm³/mol. The van der Waals surface area contributed by atoms with Crippen molar-refractivity contribution in [1.82, 2.24) is 20.2 Å². The van der Waals surface area contributed by atoms with E-state index in [0.717, 1.165) is 42.8 Å². The molecular weight excluding hydrogens is 296 g/mol. The zero-order valence-electron chi connectivity index (χ0n) is 12.8. The van der Waals surface area contributed by atoms with Crippen LogP contribution in [0.5, 0.6) is 0 Å². The Kier molecular flexibility index (Phi) is 3.44. The maximum Gasteiger partial charge on any atom is 0.225 e. The van der Waals surface area contributed by atoms with E-state index >= 15 is 0 Å². The van der Waals surface area contributed by atoms with Gasteiger partial charge in [-0.1, -0.05) is 11.3 Å². The summed E-state index contributed by atoms with van der Waals surface area (Å²) >= 11 is 1.64. The lowest BCUT2D eigenvalue weighted by Crippen LogP contribution is -2.45. The van der Waals surface area contributed by atoms with Crippen LogP contribution in [0.1, 0.15) is 24.8 Å². The van der Waals surface area contributed by atoms with Crippen molar-refractivity contribution in [3.05, 3.63) is 23.5 Å². The van der Waals surface area contributed by atoms with Gasteiger partial charge in [-0.05, 0) is 31.7 Å². The Bertz CT molecular complexity index is 628. The van der Waals surface area contributed by atoms with Crippen molar-refractivity contribution in [3.63, 3.8) is 0 Å². The number of hydrogen-bond donors (Lipinski definition) is 0. The average molecular weight is 316 g/mol. The van der Waals surface area contributed by atoms with Crippen LogP contribution in [-0.4, -0.2) is 46.3 Å². The van der Waals surface area contributed by atoms with Crippen molar-refractivity contribution in [1.29, 1.82) is 0 Å². The van der Waals surface area contributed by atoms with Crippen molar-refractivity contribution in [2.45, 2.75) is 26.2 Å². The van der Waals surface area contributed by atoms with Gasteiger partial charge in [0.25, 0.3) is 0 Å². The zero-order chi connectivity index (χ0) is 15.0. The Labute approximate surface area is 134 Å². The van der Waals surface area contributed by atoms with Gasteiger partial charge in [-0.3, -0.25) is 0 Å². The van der Waals surface area contributed by atoms with Gasteiger partial charge in [-0.15, -0.1) is 10.2 Å². The van der Waals surface area contributed by atoms with E-state index < -0.39 is 0 Å². The summed E-state index contributed by atoms with van der Waals surface area (Å²) in [5, 5.41) is 9.28. The van der Waals surface area contributed by atoms with Crippen LogP contribution in [0, 0.1) is 12.3 Å². The third kappa shape index (κ3) is 2.54. The highest BCUT2D eigenvalue weighted by Gasteiger charge is 2.42. The van der Waals surface area contributed by atoms with Crippen LogP contribution < -0.4 is 9.80 Å². The number of aromatic nitrogens is 4. The molecule has 116 valence electrons. The number of piperidine rings is 1. The summed E-state index contributed by atoms with van der Waals surface area (Å²) in [7, 11) is 0. The summed E-state index contributed by atoms with van der Waals surface area (Å²) < 4.78 is 0. The van der Waals surface area contributed by atoms with E-state index in [1.54, 1.807) is 11.3 Å². The Morgan fingerprint density at radius 1 is 1.09 bits per heavy atom. The molecule has 2 aromatic rings. The van der Waals surface area contributed by atoms with Gasteiger partial charge in [0.1, 0.15) is 5.51 Å². The number of nitrogens with zero attached hydrogens (tertiary/aromatic N) is 6. The molecule has 7 heteroatoms. The van der Waals surface area contributed by atoms with E-state index in [2.05, 4.69) is 30.0 Å². The van der Waals surface area contributed by atoms with E-state index in [4.69, 9.17) is 0 Å². The molecule has 2 saturated heterocycles. The molecule has 0 aromatic carbocycles. The topological polar surface area (TPSA) is 58.0 Å². The maximum absolute atomic E-state index is 4.49. The van der Waals surface area contributed by atoms with Gasteiger partial charge in [0.15, 0.2) is 0 Å². The lowest BCUT2D eigenvalue weighted by Gasteiger charge is -2.40. The van der Waals surface area contributed by atoms with Crippen molar-refractivity contribution in [3.8, 4) is 0 Å². The van der Waals surface area contributed by atoms with Crippen LogP contribution in [-0.2, 0) is 0 Å². The van der Waals surface area contributed by atoms with E-state index in [0.29, 0.717) is 5.41 Å². The molecule has 0 aliphatic carbocycles.